The van der Waals surface area contributed by atoms with Crippen LogP contribution in [0.4, 0.5) is 0 Å². The fraction of sp³-hybridized carbons (Fsp3) is 0.579. The van der Waals surface area contributed by atoms with E-state index in [9.17, 15) is 9.59 Å². The number of hydrogen-bond acceptors (Lipinski definition) is 7. The zero-order valence-corrected chi connectivity index (χ0v) is 16.0. The average molecular weight is 367 g/mol. The van der Waals surface area contributed by atoms with Gasteiger partial charge in [-0.2, -0.15) is 0 Å². The summed E-state index contributed by atoms with van der Waals surface area (Å²) in [5, 5.41) is 0. The number of esters is 2. The third-order valence-corrected chi connectivity index (χ3v) is 3.59. The molecule has 0 bridgehead atoms. The molecule has 7 nitrogen and oxygen atoms in total. The van der Waals surface area contributed by atoms with Gasteiger partial charge in [-0.15, -0.1) is 0 Å². The lowest BCUT2D eigenvalue weighted by atomic mass is 10.1. The minimum absolute atomic E-state index is 0.294. The normalized spacial score (nSPS) is 25.6. The summed E-state index contributed by atoms with van der Waals surface area (Å²) >= 11 is 0. The van der Waals surface area contributed by atoms with Crippen molar-refractivity contribution in [2.24, 2.45) is 5.73 Å². The van der Waals surface area contributed by atoms with Gasteiger partial charge in [0.15, 0.2) is 6.10 Å². The van der Waals surface area contributed by atoms with Crippen LogP contribution in [0, 0.1) is 0 Å². The fourth-order valence-electron chi connectivity index (χ4n) is 2.60. The van der Waals surface area contributed by atoms with Gasteiger partial charge in [0.2, 0.25) is 6.29 Å². The Morgan fingerprint density at radius 2 is 1.65 bits per heavy atom. The minimum Gasteiger partial charge on any atom is -0.453 e. The van der Waals surface area contributed by atoms with Crippen LogP contribution in [-0.2, 0) is 35.1 Å². The first kappa shape index (κ1) is 22.1. The quantitative estimate of drug-likeness (QED) is 0.770. The zero-order chi connectivity index (χ0) is 19.7. The molecule has 2 rings (SSSR count). The highest BCUT2D eigenvalue weighted by atomic mass is 16.7. The van der Waals surface area contributed by atoms with E-state index in [-0.39, 0.29) is 0 Å². The molecule has 1 aliphatic heterocycles. The second-order valence-corrected chi connectivity index (χ2v) is 5.77. The Labute approximate surface area is 154 Å². The van der Waals surface area contributed by atoms with Gasteiger partial charge in [-0.3, -0.25) is 9.59 Å². The molecule has 0 aliphatic carbocycles. The maximum atomic E-state index is 11.4. The summed E-state index contributed by atoms with van der Waals surface area (Å²) < 4.78 is 22.0. The van der Waals surface area contributed by atoms with Crippen LogP contribution in [0.2, 0.25) is 0 Å². The van der Waals surface area contributed by atoms with Crippen LogP contribution >= 0.6 is 0 Å². The zero-order valence-electron chi connectivity index (χ0n) is 16.0. The van der Waals surface area contributed by atoms with E-state index in [4.69, 9.17) is 24.7 Å². The highest BCUT2D eigenvalue weighted by molar-refractivity contribution is 5.67. The lowest BCUT2D eigenvalue weighted by Gasteiger charge is -2.25. The van der Waals surface area contributed by atoms with Crippen molar-refractivity contribution in [2.45, 2.75) is 71.9 Å². The third kappa shape index (κ3) is 6.40. The van der Waals surface area contributed by atoms with Gasteiger partial charge in [0.1, 0.15) is 12.2 Å². The van der Waals surface area contributed by atoms with Crippen molar-refractivity contribution in [1.82, 2.24) is 0 Å². The van der Waals surface area contributed by atoms with Crippen LogP contribution in [-0.4, -0.2) is 42.6 Å². The van der Waals surface area contributed by atoms with E-state index in [0.717, 1.165) is 5.56 Å². The van der Waals surface area contributed by atoms with Crippen LogP contribution in [0.25, 0.3) is 0 Å². The van der Waals surface area contributed by atoms with E-state index in [1.807, 2.05) is 44.2 Å². The fourth-order valence-corrected chi connectivity index (χ4v) is 2.60. The Kier molecular flexibility index (Phi) is 9.26. The van der Waals surface area contributed by atoms with Crippen LogP contribution in [0.5, 0.6) is 0 Å². The molecule has 1 aliphatic rings. The molecule has 1 saturated heterocycles. The summed E-state index contributed by atoms with van der Waals surface area (Å²) in [4.78, 5) is 22.7. The number of benzene rings is 1. The molecule has 0 saturated carbocycles. The molecule has 146 valence electrons. The van der Waals surface area contributed by atoms with Crippen molar-refractivity contribution >= 4 is 11.9 Å². The van der Waals surface area contributed by atoms with E-state index in [0.29, 0.717) is 6.61 Å². The molecule has 0 aromatic heterocycles. The number of hydrogen-bond donors (Lipinski definition) is 1. The summed E-state index contributed by atoms with van der Waals surface area (Å²) in [5.41, 5.74) is 6.91. The Morgan fingerprint density at radius 1 is 1.08 bits per heavy atom. The first-order valence-electron chi connectivity index (χ1n) is 8.79. The minimum atomic E-state index is -1.04. The molecule has 2 N–H and O–H groups in total. The van der Waals surface area contributed by atoms with E-state index in [1.165, 1.54) is 13.8 Å². The number of carbonyl (C=O) groups excluding carboxylic acids is 2. The Hall–Kier alpha value is -1.96. The second-order valence-electron chi connectivity index (χ2n) is 5.77. The average Bonchev–Trinajstić information content (AvgIpc) is 2.92. The molecular weight excluding hydrogens is 338 g/mol. The second kappa shape index (κ2) is 10.9. The topological polar surface area (TPSA) is 97.1 Å². The van der Waals surface area contributed by atoms with Crippen molar-refractivity contribution in [2.75, 3.05) is 0 Å². The molecular formula is C19H29NO6. The monoisotopic (exact) mass is 367 g/mol. The van der Waals surface area contributed by atoms with Gasteiger partial charge in [0, 0.05) is 19.9 Å². The molecule has 5 unspecified atom stereocenters. The molecule has 0 amide bonds. The van der Waals surface area contributed by atoms with E-state index in [1.54, 1.807) is 6.92 Å². The SMILES string of the molecule is CC.CC(=O)OC1OC(C(C)N)C(OCc2ccccc2)C1OC(C)=O. The number of ether oxygens (including phenoxy) is 4. The molecule has 0 radical (unpaired) electrons. The Balaban J connectivity index is 0.00000163. The smallest absolute Gasteiger partial charge is 0.305 e. The summed E-state index contributed by atoms with van der Waals surface area (Å²) in [6, 6.07) is 9.15. The summed E-state index contributed by atoms with van der Waals surface area (Å²) in [6.45, 7) is 8.58. The first-order chi connectivity index (χ1) is 12.4. The third-order valence-electron chi connectivity index (χ3n) is 3.59. The van der Waals surface area contributed by atoms with E-state index >= 15 is 0 Å². The van der Waals surface area contributed by atoms with Crippen molar-refractivity contribution in [3.05, 3.63) is 35.9 Å². The molecule has 0 spiro atoms. The van der Waals surface area contributed by atoms with Crippen LogP contribution < -0.4 is 5.73 Å². The predicted molar refractivity (Wildman–Crippen MR) is 96.0 cm³/mol. The van der Waals surface area contributed by atoms with Gasteiger partial charge < -0.3 is 24.7 Å². The van der Waals surface area contributed by atoms with Crippen molar-refractivity contribution in [3.8, 4) is 0 Å². The molecule has 1 fully saturated rings. The first-order valence-corrected chi connectivity index (χ1v) is 8.79. The molecule has 26 heavy (non-hydrogen) atoms. The van der Waals surface area contributed by atoms with Gasteiger partial charge in [-0.1, -0.05) is 44.2 Å². The van der Waals surface area contributed by atoms with Gasteiger partial charge >= 0.3 is 11.9 Å². The van der Waals surface area contributed by atoms with Gasteiger partial charge in [-0.25, -0.2) is 0 Å². The standard InChI is InChI=1S/C17H23NO6.C2H6/c1-10(18)14-15(21-9-13-7-5-4-6-8-13)16(22-11(2)19)17(24-14)23-12(3)20;1-2/h4-8,10,14-17H,9,18H2,1-3H3;1-2H3. The maximum Gasteiger partial charge on any atom is 0.305 e. The van der Waals surface area contributed by atoms with Gasteiger partial charge in [0.25, 0.3) is 0 Å². The molecule has 1 heterocycles. The van der Waals surface area contributed by atoms with Crippen LogP contribution in [0.15, 0.2) is 30.3 Å². The van der Waals surface area contributed by atoms with E-state index < -0.39 is 42.6 Å². The van der Waals surface area contributed by atoms with E-state index in [2.05, 4.69) is 0 Å². The molecule has 5 atom stereocenters. The summed E-state index contributed by atoms with van der Waals surface area (Å²) in [5.74, 6) is -1.05. The highest BCUT2D eigenvalue weighted by Crippen LogP contribution is 2.30. The maximum absolute atomic E-state index is 11.4. The predicted octanol–water partition coefficient (Wildman–Crippen LogP) is 2.16. The molecule has 1 aromatic rings. The molecule has 1 aromatic carbocycles. The number of nitrogens with two attached hydrogens (primary N) is 1. The highest BCUT2D eigenvalue weighted by Gasteiger charge is 2.50. The Bertz CT molecular complexity index is 562. The largest absolute Gasteiger partial charge is 0.453 e. The van der Waals surface area contributed by atoms with Gasteiger partial charge in [0.05, 0.1) is 6.61 Å². The summed E-state index contributed by atoms with van der Waals surface area (Å²) in [7, 11) is 0. The van der Waals surface area contributed by atoms with Gasteiger partial charge in [-0.05, 0) is 12.5 Å². The van der Waals surface area contributed by atoms with Crippen molar-refractivity contribution < 1.29 is 28.5 Å². The summed E-state index contributed by atoms with van der Waals surface area (Å²) in [6.07, 6.45) is -3.12. The molecule has 7 heteroatoms. The van der Waals surface area contributed by atoms with Crippen molar-refractivity contribution in [1.29, 1.82) is 0 Å². The number of rotatable bonds is 6. The lowest BCUT2D eigenvalue weighted by molar-refractivity contribution is -0.195. The lowest BCUT2D eigenvalue weighted by Crippen LogP contribution is -2.45. The Morgan fingerprint density at radius 3 is 2.15 bits per heavy atom. The van der Waals surface area contributed by atoms with Crippen LogP contribution in [0.3, 0.4) is 0 Å². The van der Waals surface area contributed by atoms with Crippen LogP contribution in [0.1, 0.15) is 40.2 Å². The van der Waals surface area contributed by atoms with Crippen molar-refractivity contribution in [3.63, 3.8) is 0 Å². The number of carbonyl (C=O) groups is 2.